The normalized spacial score (nSPS) is 10.0. The first-order valence-corrected chi connectivity index (χ1v) is 4.54. The molecule has 0 spiro atoms. The van der Waals surface area contributed by atoms with Gasteiger partial charge in [-0.15, -0.1) is 0 Å². The maximum absolute atomic E-state index is 6.02. The summed E-state index contributed by atoms with van der Waals surface area (Å²) in [5, 5.41) is 4.06. The van der Waals surface area contributed by atoms with Gasteiger partial charge in [-0.1, -0.05) is 17.7 Å². The van der Waals surface area contributed by atoms with Gasteiger partial charge in [0, 0.05) is 6.54 Å². The zero-order valence-electron chi connectivity index (χ0n) is 7.74. The Bertz CT molecular complexity index is 281. The SMILES string of the molecule is CCNc1c(Cl)ccc(C)c1C. The molecule has 2 heteroatoms. The van der Waals surface area contributed by atoms with Crippen LogP contribution in [0.4, 0.5) is 5.69 Å². The maximum atomic E-state index is 6.02. The van der Waals surface area contributed by atoms with Crippen molar-refractivity contribution >= 4 is 17.3 Å². The molecule has 0 unspecified atom stereocenters. The van der Waals surface area contributed by atoms with Gasteiger partial charge in [0.05, 0.1) is 10.7 Å². The highest BCUT2D eigenvalue weighted by atomic mass is 35.5. The highest BCUT2D eigenvalue weighted by Gasteiger charge is 2.03. The van der Waals surface area contributed by atoms with Gasteiger partial charge in [-0.25, -0.2) is 0 Å². The minimum atomic E-state index is 0.806. The molecular formula is C10H14ClN. The second-order valence-corrected chi connectivity index (χ2v) is 3.30. The minimum Gasteiger partial charge on any atom is -0.384 e. The third-order valence-corrected chi connectivity index (χ3v) is 2.35. The highest BCUT2D eigenvalue weighted by Crippen LogP contribution is 2.27. The standard InChI is InChI=1S/C10H14ClN/c1-4-12-10-8(3)7(2)5-6-9(10)11/h5-6,12H,4H2,1-3H3. The van der Waals surface area contributed by atoms with Crippen molar-refractivity contribution in [3.8, 4) is 0 Å². The molecule has 0 heterocycles. The summed E-state index contributed by atoms with van der Waals surface area (Å²) in [5.41, 5.74) is 3.58. The van der Waals surface area contributed by atoms with Crippen molar-refractivity contribution < 1.29 is 0 Å². The van der Waals surface area contributed by atoms with Gasteiger partial charge in [0.25, 0.3) is 0 Å². The van der Waals surface area contributed by atoms with Crippen molar-refractivity contribution in [3.63, 3.8) is 0 Å². The Hall–Kier alpha value is -0.690. The Labute approximate surface area is 78.7 Å². The van der Waals surface area contributed by atoms with E-state index >= 15 is 0 Å². The molecule has 1 aromatic carbocycles. The summed E-state index contributed by atoms with van der Waals surface area (Å²) < 4.78 is 0. The second-order valence-electron chi connectivity index (χ2n) is 2.89. The van der Waals surface area contributed by atoms with Crippen LogP contribution in [0.1, 0.15) is 18.1 Å². The van der Waals surface area contributed by atoms with Crippen molar-refractivity contribution in [2.24, 2.45) is 0 Å². The Morgan fingerprint density at radius 3 is 2.58 bits per heavy atom. The first-order chi connectivity index (χ1) is 5.66. The average Bonchev–Trinajstić information content (AvgIpc) is 2.06. The van der Waals surface area contributed by atoms with Crippen LogP contribution in [-0.2, 0) is 0 Å². The van der Waals surface area contributed by atoms with E-state index in [0.29, 0.717) is 0 Å². The first-order valence-electron chi connectivity index (χ1n) is 4.16. The Morgan fingerprint density at radius 2 is 2.00 bits per heavy atom. The fraction of sp³-hybridized carbons (Fsp3) is 0.400. The summed E-state index contributed by atoms with van der Waals surface area (Å²) in [7, 11) is 0. The quantitative estimate of drug-likeness (QED) is 0.741. The van der Waals surface area contributed by atoms with Crippen LogP contribution < -0.4 is 5.32 Å². The number of rotatable bonds is 2. The lowest BCUT2D eigenvalue weighted by Crippen LogP contribution is -2.00. The molecular weight excluding hydrogens is 170 g/mol. The highest BCUT2D eigenvalue weighted by molar-refractivity contribution is 6.33. The summed E-state index contributed by atoms with van der Waals surface area (Å²) in [4.78, 5) is 0. The molecule has 0 aromatic heterocycles. The fourth-order valence-corrected chi connectivity index (χ4v) is 1.45. The van der Waals surface area contributed by atoms with Crippen LogP contribution in [0.3, 0.4) is 0 Å². The van der Waals surface area contributed by atoms with Crippen LogP contribution in [0.15, 0.2) is 12.1 Å². The summed E-state index contributed by atoms with van der Waals surface area (Å²) in [6.45, 7) is 7.15. The number of hydrogen-bond acceptors (Lipinski definition) is 1. The van der Waals surface area contributed by atoms with Gasteiger partial charge in [-0.05, 0) is 38.0 Å². The van der Waals surface area contributed by atoms with Crippen molar-refractivity contribution in [1.82, 2.24) is 0 Å². The topological polar surface area (TPSA) is 12.0 Å². The van der Waals surface area contributed by atoms with Gasteiger partial charge in [0.1, 0.15) is 0 Å². The number of halogens is 1. The lowest BCUT2D eigenvalue weighted by molar-refractivity contribution is 1.19. The fourth-order valence-electron chi connectivity index (χ4n) is 1.18. The maximum Gasteiger partial charge on any atom is 0.0640 e. The number of aryl methyl sites for hydroxylation is 1. The third-order valence-electron chi connectivity index (χ3n) is 2.04. The van der Waals surface area contributed by atoms with Crippen LogP contribution in [0.5, 0.6) is 0 Å². The summed E-state index contributed by atoms with van der Waals surface area (Å²) in [5.74, 6) is 0. The van der Waals surface area contributed by atoms with Gasteiger partial charge in [0.15, 0.2) is 0 Å². The largest absolute Gasteiger partial charge is 0.384 e. The molecule has 0 bridgehead atoms. The summed E-state index contributed by atoms with van der Waals surface area (Å²) in [6, 6.07) is 3.97. The molecule has 1 aromatic rings. The molecule has 66 valence electrons. The molecule has 0 amide bonds. The molecule has 1 rings (SSSR count). The Balaban J connectivity index is 3.14. The molecule has 0 atom stereocenters. The Morgan fingerprint density at radius 1 is 1.33 bits per heavy atom. The lowest BCUT2D eigenvalue weighted by atomic mass is 10.1. The van der Waals surface area contributed by atoms with E-state index in [9.17, 15) is 0 Å². The van der Waals surface area contributed by atoms with Crippen LogP contribution in [0.25, 0.3) is 0 Å². The van der Waals surface area contributed by atoms with E-state index < -0.39 is 0 Å². The second kappa shape index (κ2) is 3.81. The van der Waals surface area contributed by atoms with Crippen LogP contribution >= 0.6 is 11.6 Å². The molecule has 0 radical (unpaired) electrons. The molecule has 0 aliphatic carbocycles. The molecule has 1 nitrogen and oxygen atoms in total. The molecule has 0 saturated heterocycles. The smallest absolute Gasteiger partial charge is 0.0640 e. The van der Waals surface area contributed by atoms with Gasteiger partial charge in [-0.3, -0.25) is 0 Å². The lowest BCUT2D eigenvalue weighted by Gasteiger charge is -2.11. The number of hydrogen-bond donors (Lipinski definition) is 1. The van der Waals surface area contributed by atoms with Crippen LogP contribution in [0.2, 0.25) is 5.02 Å². The number of nitrogens with one attached hydrogen (secondary N) is 1. The molecule has 0 saturated carbocycles. The van der Waals surface area contributed by atoms with Crippen LogP contribution in [-0.4, -0.2) is 6.54 Å². The van der Waals surface area contributed by atoms with E-state index in [1.807, 2.05) is 12.1 Å². The van der Waals surface area contributed by atoms with Gasteiger partial charge in [-0.2, -0.15) is 0 Å². The van der Waals surface area contributed by atoms with Gasteiger partial charge < -0.3 is 5.32 Å². The van der Waals surface area contributed by atoms with E-state index in [0.717, 1.165) is 17.3 Å². The molecule has 1 N–H and O–H groups in total. The molecule has 0 fully saturated rings. The minimum absolute atomic E-state index is 0.806. The zero-order chi connectivity index (χ0) is 9.14. The van der Waals surface area contributed by atoms with Crippen molar-refractivity contribution in [1.29, 1.82) is 0 Å². The first kappa shape index (κ1) is 9.40. The predicted octanol–water partition coefficient (Wildman–Crippen LogP) is 3.39. The van der Waals surface area contributed by atoms with Crippen LogP contribution in [0, 0.1) is 13.8 Å². The molecule has 0 aliphatic rings. The van der Waals surface area contributed by atoms with E-state index in [1.54, 1.807) is 0 Å². The number of benzene rings is 1. The van der Waals surface area contributed by atoms with Gasteiger partial charge in [0.2, 0.25) is 0 Å². The predicted molar refractivity (Wildman–Crippen MR) is 55.1 cm³/mol. The molecule has 12 heavy (non-hydrogen) atoms. The monoisotopic (exact) mass is 183 g/mol. The van der Waals surface area contributed by atoms with E-state index in [1.165, 1.54) is 11.1 Å². The molecule has 0 aliphatic heterocycles. The Kier molecular flexibility index (Phi) is 2.99. The van der Waals surface area contributed by atoms with E-state index in [-0.39, 0.29) is 0 Å². The summed E-state index contributed by atoms with van der Waals surface area (Å²) >= 11 is 6.02. The van der Waals surface area contributed by atoms with Gasteiger partial charge >= 0.3 is 0 Å². The van der Waals surface area contributed by atoms with Crippen molar-refractivity contribution in [2.75, 3.05) is 11.9 Å². The van der Waals surface area contributed by atoms with Crippen molar-refractivity contribution in [3.05, 3.63) is 28.3 Å². The third kappa shape index (κ3) is 1.72. The summed E-state index contributed by atoms with van der Waals surface area (Å²) in [6.07, 6.45) is 0. The number of anilines is 1. The average molecular weight is 184 g/mol. The van der Waals surface area contributed by atoms with E-state index in [2.05, 4.69) is 26.1 Å². The van der Waals surface area contributed by atoms with Crippen molar-refractivity contribution in [2.45, 2.75) is 20.8 Å². The zero-order valence-corrected chi connectivity index (χ0v) is 8.50. The van der Waals surface area contributed by atoms with E-state index in [4.69, 9.17) is 11.6 Å².